The highest BCUT2D eigenvalue weighted by atomic mass is 35.5. The van der Waals surface area contributed by atoms with Crippen molar-refractivity contribution in [2.75, 3.05) is 11.4 Å². The third-order valence-electron chi connectivity index (χ3n) is 4.07. The molecule has 124 valence electrons. The molecule has 24 heavy (non-hydrogen) atoms. The first kappa shape index (κ1) is 16.5. The van der Waals surface area contributed by atoms with Crippen LogP contribution in [0.3, 0.4) is 0 Å². The highest BCUT2D eigenvalue weighted by Crippen LogP contribution is 2.26. The Morgan fingerprint density at radius 3 is 2.62 bits per heavy atom. The molecule has 0 radical (unpaired) electrons. The molecule has 1 saturated heterocycles. The smallest absolute Gasteiger partial charge is 0.239 e. The van der Waals surface area contributed by atoms with Crippen molar-refractivity contribution in [2.45, 2.75) is 13.0 Å². The molecule has 1 heterocycles. The van der Waals surface area contributed by atoms with E-state index in [4.69, 9.17) is 11.6 Å². The van der Waals surface area contributed by atoms with Gasteiger partial charge < -0.3 is 10.2 Å². The summed E-state index contributed by atoms with van der Waals surface area (Å²) < 4.78 is 13.6. The average molecular weight is 347 g/mol. The summed E-state index contributed by atoms with van der Waals surface area (Å²) in [6.45, 7) is 0.536. The van der Waals surface area contributed by atoms with Crippen molar-refractivity contribution in [1.82, 2.24) is 5.32 Å². The summed E-state index contributed by atoms with van der Waals surface area (Å²) in [5, 5.41) is 3.23. The number of nitrogens with zero attached hydrogens (tertiary/aromatic N) is 1. The Morgan fingerprint density at radius 2 is 1.92 bits per heavy atom. The molecule has 0 saturated carbocycles. The maximum Gasteiger partial charge on any atom is 0.239 e. The molecule has 6 heteroatoms. The van der Waals surface area contributed by atoms with Gasteiger partial charge in [-0.05, 0) is 36.8 Å². The number of carbonyl (C=O) groups is 2. The predicted octanol–water partition coefficient (Wildman–Crippen LogP) is 3.15. The summed E-state index contributed by atoms with van der Waals surface area (Å²) in [5.74, 6) is -1.74. The zero-order valence-electron chi connectivity index (χ0n) is 12.8. The van der Waals surface area contributed by atoms with E-state index in [-0.39, 0.29) is 24.2 Å². The molecule has 1 unspecified atom stereocenters. The molecule has 2 aromatic carbocycles. The van der Waals surface area contributed by atoms with Gasteiger partial charge in [-0.2, -0.15) is 0 Å². The van der Waals surface area contributed by atoms with Crippen LogP contribution < -0.4 is 10.2 Å². The van der Waals surface area contributed by atoms with Crippen LogP contribution in [-0.2, 0) is 16.1 Å². The number of benzene rings is 2. The molecule has 0 bridgehead atoms. The van der Waals surface area contributed by atoms with Crippen molar-refractivity contribution in [1.29, 1.82) is 0 Å². The Labute approximate surface area is 144 Å². The van der Waals surface area contributed by atoms with Crippen LogP contribution in [0.15, 0.2) is 48.5 Å². The van der Waals surface area contributed by atoms with E-state index in [0.29, 0.717) is 29.2 Å². The van der Waals surface area contributed by atoms with E-state index in [0.717, 1.165) is 0 Å². The predicted molar refractivity (Wildman–Crippen MR) is 90.2 cm³/mol. The van der Waals surface area contributed by atoms with Crippen molar-refractivity contribution in [3.8, 4) is 0 Å². The lowest BCUT2D eigenvalue weighted by Gasteiger charge is -2.17. The van der Waals surface area contributed by atoms with Gasteiger partial charge in [-0.1, -0.05) is 29.8 Å². The molecule has 1 atom stereocenters. The highest BCUT2D eigenvalue weighted by Gasteiger charge is 2.37. The minimum absolute atomic E-state index is 0.0657. The lowest BCUT2D eigenvalue weighted by Crippen LogP contribution is -2.36. The Kier molecular flexibility index (Phi) is 4.81. The van der Waals surface area contributed by atoms with Gasteiger partial charge >= 0.3 is 0 Å². The Balaban J connectivity index is 1.63. The van der Waals surface area contributed by atoms with E-state index in [1.807, 2.05) is 0 Å². The molecular formula is C18H16ClFN2O2. The van der Waals surface area contributed by atoms with Crippen molar-refractivity contribution in [3.05, 3.63) is 64.9 Å². The van der Waals surface area contributed by atoms with Crippen LogP contribution in [0.2, 0.25) is 5.02 Å². The first-order chi connectivity index (χ1) is 11.6. The number of carbonyl (C=O) groups excluding carboxylic acids is 2. The fourth-order valence-corrected chi connectivity index (χ4v) is 2.87. The second-order valence-corrected chi connectivity index (χ2v) is 6.05. The molecule has 1 aliphatic rings. The van der Waals surface area contributed by atoms with Gasteiger partial charge in [0.25, 0.3) is 0 Å². The second kappa shape index (κ2) is 7.01. The van der Waals surface area contributed by atoms with Crippen molar-refractivity contribution in [3.63, 3.8) is 0 Å². The number of amides is 2. The van der Waals surface area contributed by atoms with Gasteiger partial charge in [0.15, 0.2) is 0 Å². The zero-order valence-corrected chi connectivity index (χ0v) is 13.6. The van der Waals surface area contributed by atoms with Gasteiger partial charge in [0.2, 0.25) is 11.8 Å². The first-order valence-electron chi connectivity index (χ1n) is 7.64. The number of rotatable bonds is 4. The van der Waals surface area contributed by atoms with Gasteiger partial charge in [-0.3, -0.25) is 9.59 Å². The van der Waals surface area contributed by atoms with E-state index in [2.05, 4.69) is 5.32 Å². The molecule has 0 aromatic heterocycles. The molecule has 2 aromatic rings. The lowest BCUT2D eigenvalue weighted by atomic mass is 10.1. The molecule has 1 fully saturated rings. The van der Waals surface area contributed by atoms with Crippen LogP contribution in [0.25, 0.3) is 0 Å². The van der Waals surface area contributed by atoms with E-state index in [1.165, 1.54) is 6.07 Å². The van der Waals surface area contributed by atoms with Crippen molar-refractivity contribution >= 4 is 29.1 Å². The Hall–Kier alpha value is -2.40. The summed E-state index contributed by atoms with van der Waals surface area (Å²) in [7, 11) is 0. The van der Waals surface area contributed by atoms with E-state index in [9.17, 15) is 14.0 Å². The standard InChI is InChI=1S/C18H16ClFN2O2/c19-13-5-7-14(8-6-13)22-10-9-15(18(22)24)17(23)21-11-12-3-1-2-4-16(12)20/h1-8,15H,9-11H2,(H,21,23). The third-order valence-corrected chi connectivity index (χ3v) is 4.32. The summed E-state index contributed by atoms with van der Waals surface area (Å²) in [6, 6.07) is 13.1. The molecule has 2 amide bonds. The molecular weight excluding hydrogens is 331 g/mol. The third kappa shape index (κ3) is 3.41. The van der Waals surface area contributed by atoms with E-state index < -0.39 is 5.92 Å². The SMILES string of the molecule is O=C(NCc1ccccc1F)C1CCN(c2ccc(Cl)cc2)C1=O. The summed E-state index contributed by atoms with van der Waals surface area (Å²) >= 11 is 5.85. The van der Waals surface area contributed by atoms with Crippen LogP contribution >= 0.6 is 11.6 Å². The fraction of sp³-hybridized carbons (Fsp3) is 0.222. The maximum atomic E-state index is 13.6. The lowest BCUT2D eigenvalue weighted by molar-refractivity contribution is -0.132. The van der Waals surface area contributed by atoms with Crippen LogP contribution in [0.1, 0.15) is 12.0 Å². The van der Waals surface area contributed by atoms with Crippen molar-refractivity contribution in [2.24, 2.45) is 5.92 Å². The largest absolute Gasteiger partial charge is 0.351 e. The maximum absolute atomic E-state index is 13.6. The summed E-state index contributed by atoms with van der Waals surface area (Å²) in [6.07, 6.45) is 0.435. The quantitative estimate of drug-likeness (QED) is 0.865. The van der Waals surface area contributed by atoms with Gasteiger partial charge in [0, 0.05) is 29.4 Å². The fourth-order valence-electron chi connectivity index (χ4n) is 2.75. The highest BCUT2D eigenvalue weighted by molar-refractivity contribution is 6.30. The first-order valence-corrected chi connectivity index (χ1v) is 8.02. The van der Waals surface area contributed by atoms with Crippen LogP contribution in [-0.4, -0.2) is 18.4 Å². The molecule has 0 spiro atoms. The minimum atomic E-state index is -0.743. The molecule has 1 N–H and O–H groups in total. The zero-order chi connectivity index (χ0) is 17.1. The minimum Gasteiger partial charge on any atom is -0.351 e. The molecule has 3 rings (SSSR count). The van der Waals surface area contributed by atoms with Gasteiger partial charge in [-0.15, -0.1) is 0 Å². The van der Waals surface area contributed by atoms with E-state index in [1.54, 1.807) is 47.4 Å². The number of halogens is 2. The topological polar surface area (TPSA) is 49.4 Å². The van der Waals surface area contributed by atoms with Crippen molar-refractivity contribution < 1.29 is 14.0 Å². The van der Waals surface area contributed by atoms with Gasteiger partial charge in [0.05, 0.1) is 0 Å². The van der Waals surface area contributed by atoms with Crippen LogP contribution in [0.4, 0.5) is 10.1 Å². The molecule has 4 nitrogen and oxygen atoms in total. The molecule has 1 aliphatic heterocycles. The van der Waals surface area contributed by atoms with Gasteiger partial charge in [-0.25, -0.2) is 4.39 Å². The number of hydrogen-bond acceptors (Lipinski definition) is 2. The monoisotopic (exact) mass is 346 g/mol. The number of nitrogens with one attached hydrogen (secondary N) is 1. The Bertz CT molecular complexity index is 764. The second-order valence-electron chi connectivity index (χ2n) is 5.62. The van der Waals surface area contributed by atoms with Crippen LogP contribution in [0, 0.1) is 11.7 Å². The van der Waals surface area contributed by atoms with Crippen LogP contribution in [0.5, 0.6) is 0 Å². The summed E-state index contributed by atoms with van der Waals surface area (Å²) in [4.78, 5) is 26.3. The Morgan fingerprint density at radius 1 is 1.21 bits per heavy atom. The molecule has 0 aliphatic carbocycles. The number of hydrogen-bond donors (Lipinski definition) is 1. The van der Waals surface area contributed by atoms with Gasteiger partial charge in [0.1, 0.15) is 11.7 Å². The summed E-state index contributed by atoms with van der Waals surface area (Å²) in [5.41, 5.74) is 1.11. The van der Waals surface area contributed by atoms with E-state index >= 15 is 0 Å². The number of anilines is 1. The average Bonchev–Trinajstić information content (AvgIpc) is 2.96. The normalized spacial score (nSPS) is 17.2.